The summed E-state index contributed by atoms with van der Waals surface area (Å²) in [5, 5.41) is 3.70. The van der Waals surface area contributed by atoms with E-state index < -0.39 is 0 Å². The molecule has 0 aromatic rings. The van der Waals surface area contributed by atoms with Gasteiger partial charge in [0.25, 0.3) is 0 Å². The van der Waals surface area contributed by atoms with Crippen LogP contribution in [0.4, 0.5) is 0 Å². The Morgan fingerprint density at radius 3 is 2.62 bits per heavy atom. The molecule has 0 bridgehead atoms. The van der Waals surface area contributed by atoms with Crippen molar-refractivity contribution in [2.24, 2.45) is 11.8 Å². The Bertz CT molecular complexity index is 182. The van der Waals surface area contributed by atoms with Gasteiger partial charge in [0.2, 0.25) is 0 Å². The van der Waals surface area contributed by atoms with Gasteiger partial charge in [0, 0.05) is 19.2 Å². The van der Waals surface area contributed by atoms with E-state index in [-0.39, 0.29) is 0 Å². The molecule has 0 radical (unpaired) electrons. The molecule has 0 heterocycles. The number of hydrogen-bond acceptors (Lipinski definition) is 2. The van der Waals surface area contributed by atoms with E-state index in [4.69, 9.17) is 4.74 Å². The SMILES string of the molecule is COCC(C)NC1CCCC(CC(C)C)C1. The third-order valence-corrected chi connectivity index (χ3v) is 3.52. The summed E-state index contributed by atoms with van der Waals surface area (Å²) in [6, 6.07) is 1.22. The lowest BCUT2D eigenvalue weighted by Crippen LogP contribution is -2.41. The molecule has 0 saturated heterocycles. The number of ether oxygens (including phenoxy) is 1. The third-order valence-electron chi connectivity index (χ3n) is 3.52. The molecule has 0 amide bonds. The summed E-state index contributed by atoms with van der Waals surface area (Å²) in [6.45, 7) is 7.72. The fourth-order valence-corrected chi connectivity index (χ4v) is 3.02. The van der Waals surface area contributed by atoms with Crippen LogP contribution in [0.25, 0.3) is 0 Å². The van der Waals surface area contributed by atoms with Gasteiger partial charge in [-0.25, -0.2) is 0 Å². The van der Waals surface area contributed by atoms with E-state index in [0.29, 0.717) is 6.04 Å². The van der Waals surface area contributed by atoms with Gasteiger partial charge in [-0.1, -0.05) is 26.7 Å². The second-order valence-corrected chi connectivity index (χ2v) is 5.88. The first-order chi connectivity index (χ1) is 7.61. The first-order valence-corrected chi connectivity index (χ1v) is 6.86. The van der Waals surface area contributed by atoms with Gasteiger partial charge < -0.3 is 10.1 Å². The molecule has 0 aromatic carbocycles. The van der Waals surface area contributed by atoms with E-state index in [1.807, 2.05) is 0 Å². The van der Waals surface area contributed by atoms with E-state index in [1.165, 1.54) is 32.1 Å². The smallest absolute Gasteiger partial charge is 0.0613 e. The largest absolute Gasteiger partial charge is 0.383 e. The predicted molar refractivity (Wildman–Crippen MR) is 69.7 cm³/mol. The molecule has 0 aliphatic heterocycles. The maximum atomic E-state index is 5.17. The van der Waals surface area contributed by atoms with Gasteiger partial charge in [0.15, 0.2) is 0 Å². The molecule has 3 atom stereocenters. The number of nitrogens with one attached hydrogen (secondary N) is 1. The van der Waals surface area contributed by atoms with Crippen LogP contribution in [0.2, 0.25) is 0 Å². The summed E-state index contributed by atoms with van der Waals surface area (Å²) in [5.41, 5.74) is 0. The summed E-state index contributed by atoms with van der Waals surface area (Å²) in [4.78, 5) is 0. The Kier molecular flexibility index (Phi) is 6.37. The highest BCUT2D eigenvalue weighted by molar-refractivity contribution is 4.80. The predicted octanol–water partition coefficient (Wildman–Crippen LogP) is 3.22. The molecule has 1 fully saturated rings. The molecule has 3 unspecified atom stereocenters. The van der Waals surface area contributed by atoms with Crippen LogP contribution in [0.3, 0.4) is 0 Å². The zero-order chi connectivity index (χ0) is 12.0. The van der Waals surface area contributed by atoms with Crippen LogP contribution in [0, 0.1) is 11.8 Å². The first kappa shape index (κ1) is 14.0. The Hall–Kier alpha value is -0.0800. The normalized spacial score (nSPS) is 28.3. The lowest BCUT2D eigenvalue weighted by atomic mass is 9.81. The van der Waals surface area contributed by atoms with Crippen molar-refractivity contribution in [3.05, 3.63) is 0 Å². The molecular weight excluding hydrogens is 198 g/mol. The van der Waals surface area contributed by atoms with Gasteiger partial charge in [-0.05, 0) is 38.0 Å². The van der Waals surface area contributed by atoms with Crippen molar-refractivity contribution >= 4 is 0 Å². The monoisotopic (exact) mass is 227 g/mol. The summed E-state index contributed by atoms with van der Waals surface area (Å²) in [5.74, 6) is 1.79. The number of rotatable bonds is 6. The standard InChI is InChI=1S/C14H29NO/c1-11(2)8-13-6-5-7-14(9-13)15-12(3)10-16-4/h11-15H,5-10H2,1-4H3. The fourth-order valence-electron chi connectivity index (χ4n) is 3.02. The van der Waals surface area contributed by atoms with Crippen molar-refractivity contribution in [2.75, 3.05) is 13.7 Å². The van der Waals surface area contributed by atoms with Crippen LogP contribution in [-0.2, 0) is 4.74 Å². The molecule has 96 valence electrons. The number of methoxy groups -OCH3 is 1. The van der Waals surface area contributed by atoms with E-state index in [0.717, 1.165) is 24.5 Å². The lowest BCUT2D eigenvalue weighted by Gasteiger charge is -2.32. The molecule has 0 aromatic heterocycles. The fraction of sp³-hybridized carbons (Fsp3) is 1.00. The second kappa shape index (κ2) is 7.29. The van der Waals surface area contributed by atoms with Crippen molar-refractivity contribution in [1.82, 2.24) is 5.32 Å². The molecule has 0 spiro atoms. The number of hydrogen-bond donors (Lipinski definition) is 1. The van der Waals surface area contributed by atoms with Gasteiger partial charge in [0.05, 0.1) is 6.61 Å². The zero-order valence-electron chi connectivity index (χ0n) is 11.5. The minimum absolute atomic E-state index is 0.493. The summed E-state index contributed by atoms with van der Waals surface area (Å²) in [6.07, 6.45) is 6.95. The van der Waals surface area contributed by atoms with Gasteiger partial charge in [-0.3, -0.25) is 0 Å². The molecule has 1 aliphatic carbocycles. The van der Waals surface area contributed by atoms with Gasteiger partial charge in [0.1, 0.15) is 0 Å². The van der Waals surface area contributed by atoms with Crippen molar-refractivity contribution in [2.45, 2.75) is 65.0 Å². The lowest BCUT2D eigenvalue weighted by molar-refractivity contribution is 0.154. The quantitative estimate of drug-likeness (QED) is 0.752. The highest BCUT2D eigenvalue weighted by atomic mass is 16.5. The molecule has 1 rings (SSSR count). The van der Waals surface area contributed by atoms with Gasteiger partial charge in [-0.2, -0.15) is 0 Å². The van der Waals surface area contributed by atoms with E-state index in [2.05, 4.69) is 26.1 Å². The van der Waals surface area contributed by atoms with Crippen molar-refractivity contribution in [1.29, 1.82) is 0 Å². The molecular formula is C14H29NO. The maximum Gasteiger partial charge on any atom is 0.0613 e. The van der Waals surface area contributed by atoms with Crippen LogP contribution in [0.15, 0.2) is 0 Å². The van der Waals surface area contributed by atoms with Crippen LogP contribution in [0.1, 0.15) is 52.9 Å². The third kappa shape index (κ3) is 5.31. The Labute approximate surface area is 101 Å². The van der Waals surface area contributed by atoms with Crippen LogP contribution < -0.4 is 5.32 Å². The first-order valence-electron chi connectivity index (χ1n) is 6.86. The van der Waals surface area contributed by atoms with Crippen LogP contribution >= 0.6 is 0 Å². The van der Waals surface area contributed by atoms with E-state index in [1.54, 1.807) is 7.11 Å². The minimum Gasteiger partial charge on any atom is -0.383 e. The Morgan fingerprint density at radius 2 is 2.00 bits per heavy atom. The molecule has 1 saturated carbocycles. The average molecular weight is 227 g/mol. The highest BCUT2D eigenvalue weighted by Gasteiger charge is 2.23. The van der Waals surface area contributed by atoms with E-state index >= 15 is 0 Å². The topological polar surface area (TPSA) is 21.3 Å². The molecule has 2 nitrogen and oxygen atoms in total. The van der Waals surface area contributed by atoms with E-state index in [9.17, 15) is 0 Å². The second-order valence-electron chi connectivity index (χ2n) is 5.88. The summed E-state index contributed by atoms with van der Waals surface area (Å²) in [7, 11) is 1.78. The van der Waals surface area contributed by atoms with Crippen molar-refractivity contribution in [3.8, 4) is 0 Å². The zero-order valence-corrected chi connectivity index (χ0v) is 11.5. The van der Waals surface area contributed by atoms with Crippen LogP contribution in [0.5, 0.6) is 0 Å². The van der Waals surface area contributed by atoms with Gasteiger partial charge in [-0.15, -0.1) is 0 Å². The Morgan fingerprint density at radius 1 is 1.25 bits per heavy atom. The van der Waals surface area contributed by atoms with Gasteiger partial charge >= 0.3 is 0 Å². The Balaban J connectivity index is 2.27. The molecule has 16 heavy (non-hydrogen) atoms. The average Bonchev–Trinajstić information content (AvgIpc) is 2.17. The summed E-state index contributed by atoms with van der Waals surface area (Å²) < 4.78 is 5.17. The highest BCUT2D eigenvalue weighted by Crippen LogP contribution is 2.29. The molecule has 1 N–H and O–H groups in total. The molecule has 2 heteroatoms. The van der Waals surface area contributed by atoms with Crippen molar-refractivity contribution in [3.63, 3.8) is 0 Å². The minimum atomic E-state index is 0.493. The maximum absolute atomic E-state index is 5.17. The summed E-state index contributed by atoms with van der Waals surface area (Å²) >= 11 is 0. The molecule has 1 aliphatic rings. The van der Waals surface area contributed by atoms with Crippen LogP contribution in [-0.4, -0.2) is 25.8 Å². The van der Waals surface area contributed by atoms with Crippen molar-refractivity contribution < 1.29 is 4.74 Å².